The molecular weight excluding hydrogens is 342 g/mol. The highest BCUT2D eigenvalue weighted by atomic mass is 35.5. The monoisotopic (exact) mass is 355 g/mol. The standard InChI is InChI=1S/C22H14ClN3/c23-22-25-20(16-6-2-1-3-7-16)24-21(26-22)18-13-12-15-9-4-8-14-10-5-11-17(18)19(14)15/h1-7,9-13H,8H2. The molecule has 1 aliphatic carbocycles. The predicted molar refractivity (Wildman–Crippen MR) is 106 cm³/mol. The average molecular weight is 356 g/mol. The third-order valence-electron chi connectivity index (χ3n) is 4.68. The van der Waals surface area contributed by atoms with Crippen LogP contribution in [-0.4, -0.2) is 15.0 Å². The Morgan fingerprint density at radius 2 is 1.62 bits per heavy atom. The van der Waals surface area contributed by atoms with Gasteiger partial charge in [-0.2, -0.15) is 9.97 Å². The van der Waals surface area contributed by atoms with Crippen molar-refractivity contribution in [2.45, 2.75) is 6.42 Å². The van der Waals surface area contributed by atoms with Crippen LogP contribution in [0.5, 0.6) is 0 Å². The minimum absolute atomic E-state index is 0.203. The fourth-order valence-corrected chi connectivity index (χ4v) is 3.68. The van der Waals surface area contributed by atoms with Crippen molar-refractivity contribution in [1.82, 2.24) is 15.0 Å². The SMILES string of the molecule is Clc1nc(-c2ccccc2)nc(-c2ccc3c4c(cccc24)CC=C3)n1. The van der Waals surface area contributed by atoms with E-state index < -0.39 is 0 Å². The van der Waals surface area contributed by atoms with Crippen LogP contribution in [0.1, 0.15) is 11.1 Å². The van der Waals surface area contributed by atoms with Crippen LogP contribution in [0.2, 0.25) is 5.28 Å². The van der Waals surface area contributed by atoms with Gasteiger partial charge in [-0.3, -0.25) is 0 Å². The summed E-state index contributed by atoms with van der Waals surface area (Å²) >= 11 is 6.23. The van der Waals surface area contributed by atoms with Gasteiger partial charge in [-0.1, -0.05) is 66.7 Å². The van der Waals surface area contributed by atoms with Crippen molar-refractivity contribution in [2.75, 3.05) is 0 Å². The molecule has 1 aliphatic rings. The molecule has 0 radical (unpaired) electrons. The quantitative estimate of drug-likeness (QED) is 0.471. The molecule has 0 N–H and O–H groups in total. The maximum atomic E-state index is 6.23. The van der Waals surface area contributed by atoms with Crippen LogP contribution in [0, 0.1) is 0 Å². The topological polar surface area (TPSA) is 38.7 Å². The molecule has 0 spiro atoms. The van der Waals surface area contributed by atoms with E-state index in [-0.39, 0.29) is 5.28 Å². The Morgan fingerprint density at radius 1 is 0.769 bits per heavy atom. The van der Waals surface area contributed by atoms with E-state index in [0.717, 1.165) is 22.9 Å². The zero-order chi connectivity index (χ0) is 17.5. The number of aromatic nitrogens is 3. The molecule has 0 fully saturated rings. The molecule has 1 aromatic heterocycles. The molecule has 3 aromatic carbocycles. The lowest BCUT2D eigenvalue weighted by molar-refractivity contribution is 1.07. The highest BCUT2D eigenvalue weighted by Gasteiger charge is 2.15. The zero-order valence-corrected chi connectivity index (χ0v) is 14.6. The first-order valence-electron chi connectivity index (χ1n) is 8.48. The molecule has 0 aliphatic heterocycles. The molecule has 0 bridgehead atoms. The Kier molecular flexibility index (Phi) is 3.54. The van der Waals surface area contributed by atoms with E-state index in [1.807, 2.05) is 30.3 Å². The first-order valence-corrected chi connectivity index (χ1v) is 8.86. The smallest absolute Gasteiger partial charge is 0.208 e. The Hall–Kier alpha value is -3.04. The lowest BCUT2D eigenvalue weighted by Gasteiger charge is -2.15. The molecule has 3 nitrogen and oxygen atoms in total. The van der Waals surface area contributed by atoms with E-state index in [1.165, 1.54) is 16.5 Å². The van der Waals surface area contributed by atoms with Crippen LogP contribution in [0.15, 0.2) is 66.7 Å². The summed E-state index contributed by atoms with van der Waals surface area (Å²) in [5, 5.41) is 2.62. The van der Waals surface area contributed by atoms with Gasteiger partial charge >= 0.3 is 0 Å². The molecule has 5 rings (SSSR count). The second kappa shape index (κ2) is 6.04. The Morgan fingerprint density at radius 3 is 2.50 bits per heavy atom. The van der Waals surface area contributed by atoms with Crippen molar-refractivity contribution in [2.24, 2.45) is 0 Å². The van der Waals surface area contributed by atoms with Gasteiger partial charge in [-0.25, -0.2) is 4.98 Å². The van der Waals surface area contributed by atoms with Gasteiger partial charge in [0.05, 0.1) is 0 Å². The van der Waals surface area contributed by atoms with E-state index in [0.29, 0.717) is 11.6 Å². The molecule has 124 valence electrons. The van der Waals surface area contributed by atoms with Crippen LogP contribution in [0.3, 0.4) is 0 Å². The van der Waals surface area contributed by atoms with Crippen LogP contribution < -0.4 is 0 Å². The second-order valence-electron chi connectivity index (χ2n) is 6.27. The molecule has 0 saturated heterocycles. The van der Waals surface area contributed by atoms with Crippen molar-refractivity contribution in [3.63, 3.8) is 0 Å². The van der Waals surface area contributed by atoms with Gasteiger partial charge in [0.1, 0.15) is 0 Å². The van der Waals surface area contributed by atoms with Crippen molar-refractivity contribution >= 4 is 28.4 Å². The average Bonchev–Trinajstić information content (AvgIpc) is 2.69. The first kappa shape index (κ1) is 15.2. The molecule has 0 amide bonds. The predicted octanol–water partition coefficient (Wildman–Crippen LogP) is 5.58. The second-order valence-corrected chi connectivity index (χ2v) is 6.60. The van der Waals surface area contributed by atoms with E-state index in [9.17, 15) is 0 Å². The molecular formula is C22H14ClN3. The minimum Gasteiger partial charge on any atom is -0.208 e. The van der Waals surface area contributed by atoms with E-state index in [4.69, 9.17) is 16.6 Å². The number of benzene rings is 3. The number of rotatable bonds is 2. The number of allylic oxidation sites excluding steroid dienone is 1. The summed E-state index contributed by atoms with van der Waals surface area (Å²) in [7, 11) is 0. The Bertz CT molecular complexity index is 1170. The van der Waals surface area contributed by atoms with E-state index in [1.54, 1.807) is 0 Å². The number of nitrogens with zero attached hydrogens (tertiary/aromatic N) is 3. The van der Waals surface area contributed by atoms with Crippen LogP contribution in [0.25, 0.3) is 39.6 Å². The van der Waals surface area contributed by atoms with Crippen LogP contribution in [-0.2, 0) is 6.42 Å². The van der Waals surface area contributed by atoms with Gasteiger partial charge in [0.25, 0.3) is 0 Å². The fourth-order valence-electron chi connectivity index (χ4n) is 3.52. The summed E-state index contributed by atoms with van der Waals surface area (Å²) in [5.74, 6) is 1.18. The van der Waals surface area contributed by atoms with Crippen molar-refractivity contribution < 1.29 is 0 Å². The lowest BCUT2D eigenvalue weighted by atomic mass is 9.90. The first-order chi connectivity index (χ1) is 12.8. The maximum Gasteiger partial charge on any atom is 0.226 e. The summed E-state index contributed by atoms with van der Waals surface area (Å²) in [4.78, 5) is 13.4. The van der Waals surface area contributed by atoms with Gasteiger partial charge in [0, 0.05) is 11.1 Å². The summed E-state index contributed by atoms with van der Waals surface area (Å²) in [5.41, 5.74) is 4.45. The molecule has 0 atom stereocenters. The van der Waals surface area contributed by atoms with Crippen molar-refractivity contribution in [1.29, 1.82) is 0 Å². The highest BCUT2D eigenvalue weighted by Crippen LogP contribution is 2.35. The van der Waals surface area contributed by atoms with Gasteiger partial charge in [-0.15, -0.1) is 0 Å². The van der Waals surface area contributed by atoms with Gasteiger partial charge in [0.2, 0.25) is 5.28 Å². The molecule has 1 heterocycles. The van der Waals surface area contributed by atoms with Gasteiger partial charge in [-0.05, 0) is 46.0 Å². The Labute approximate surface area is 156 Å². The van der Waals surface area contributed by atoms with Crippen LogP contribution in [0.4, 0.5) is 0 Å². The third kappa shape index (κ3) is 2.49. The molecule has 0 unspecified atom stereocenters. The van der Waals surface area contributed by atoms with Crippen molar-refractivity contribution in [3.05, 3.63) is 83.2 Å². The third-order valence-corrected chi connectivity index (χ3v) is 4.84. The zero-order valence-electron chi connectivity index (χ0n) is 13.9. The molecule has 4 heteroatoms. The Balaban J connectivity index is 1.76. The number of halogens is 1. The van der Waals surface area contributed by atoms with E-state index in [2.05, 4.69) is 52.5 Å². The number of hydrogen-bond donors (Lipinski definition) is 0. The summed E-state index contributed by atoms with van der Waals surface area (Å²) in [6.07, 6.45) is 5.32. The summed E-state index contributed by atoms with van der Waals surface area (Å²) in [6, 6.07) is 20.4. The molecule has 4 aromatic rings. The largest absolute Gasteiger partial charge is 0.226 e. The van der Waals surface area contributed by atoms with Gasteiger partial charge < -0.3 is 0 Å². The summed E-state index contributed by atoms with van der Waals surface area (Å²) < 4.78 is 0. The van der Waals surface area contributed by atoms with Crippen molar-refractivity contribution in [3.8, 4) is 22.8 Å². The summed E-state index contributed by atoms with van der Waals surface area (Å²) in [6.45, 7) is 0. The maximum absolute atomic E-state index is 6.23. The molecule has 26 heavy (non-hydrogen) atoms. The van der Waals surface area contributed by atoms with Crippen LogP contribution >= 0.6 is 11.6 Å². The van der Waals surface area contributed by atoms with Gasteiger partial charge in [0.15, 0.2) is 11.6 Å². The van der Waals surface area contributed by atoms with E-state index >= 15 is 0 Å². The lowest BCUT2D eigenvalue weighted by Crippen LogP contribution is -1.99. The number of hydrogen-bond acceptors (Lipinski definition) is 3. The normalized spacial score (nSPS) is 12.5. The highest BCUT2D eigenvalue weighted by molar-refractivity contribution is 6.28. The molecule has 0 saturated carbocycles. The minimum atomic E-state index is 0.203. The fraction of sp³-hybridized carbons (Fsp3) is 0.0455.